The number of benzene rings is 2. The Morgan fingerprint density at radius 3 is 2.51 bits per heavy atom. The van der Waals surface area contributed by atoms with Gasteiger partial charge < -0.3 is 9.51 Å². The summed E-state index contributed by atoms with van der Waals surface area (Å²) in [5.74, 6) is -1.85. The predicted molar refractivity (Wildman–Crippen MR) is 145 cm³/mol. The van der Waals surface area contributed by atoms with E-state index in [1.165, 1.54) is 16.2 Å². The zero-order chi connectivity index (χ0) is 26.0. The first-order valence-corrected chi connectivity index (χ1v) is 12.8. The number of imidazole rings is 1. The number of rotatable bonds is 3. The number of pyridine rings is 1. The predicted octanol–water partition coefficient (Wildman–Crippen LogP) is 6.15. The highest BCUT2D eigenvalue weighted by atomic mass is 35.5. The number of carbonyl (C=O) groups is 2. The van der Waals surface area contributed by atoms with E-state index in [0.29, 0.717) is 32.6 Å². The number of hydrogen-bond acceptors (Lipinski definition) is 6. The minimum absolute atomic E-state index is 0.0182. The minimum Gasteiger partial charge on any atom is -0.505 e. The van der Waals surface area contributed by atoms with Crippen molar-refractivity contribution in [1.82, 2.24) is 14.4 Å². The molecule has 1 atom stereocenters. The number of halogens is 1. The van der Waals surface area contributed by atoms with Crippen molar-refractivity contribution in [3.63, 3.8) is 0 Å². The fourth-order valence-electron chi connectivity index (χ4n) is 4.76. The number of ketones is 1. The maximum atomic E-state index is 13.5. The topological polar surface area (TPSA) is 87.8 Å². The summed E-state index contributed by atoms with van der Waals surface area (Å²) >= 11 is 7.43. The van der Waals surface area contributed by atoms with Gasteiger partial charge in [-0.25, -0.2) is 9.97 Å². The second-order valence-corrected chi connectivity index (χ2v) is 10.6. The standard InChI is InChI=1S/C28H21ClN4O3S/c1-14-6-8-17(9-7-14)23-21(24(34)22-16(3)32-12-4-5-15(2)26(32)31-22)25(35)27(36)33(23)28-30-19-11-10-18(29)13-20(19)37-28/h4-13,23,34H,1-3H3. The summed E-state index contributed by atoms with van der Waals surface area (Å²) in [7, 11) is 0. The number of amides is 1. The molecule has 0 saturated carbocycles. The summed E-state index contributed by atoms with van der Waals surface area (Å²) in [5, 5.41) is 12.5. The lowest BCUT2D eigenvalue weighted by Gasteiger charge is -2.23. The Kier molecular flexibility index (Phi) is 5.40. The molecule has 1 aliphatic heterocycles. The lowest BCUT2D eigenvalue weighted by Crippen LogP contribution is -2.29. The molecule has 1 aliphatic rings. The summed E-state index contributed by atoms with van der Waals surface area (Å²) in [6.45, 7) is 5.71. The van der Waals surface area contributed by atoms with Gasteiger partial charge in [0.1, 0.15) is 11.3 Å². The molecular formula is C28H21ClN4O3S. The van der Waals surface area contributed by atoms with Crippen molar-refractivity contribution in [2.75, 3.05) is 4.90 Å². The molecule has 1 N–H and O–H groups in total. The van der Waals surface area contributed by atoms with Gasteiger partial charge in [-0.05, 0) is 56.2 Å². The molecule has 1 unspecified atom stereocenters. The molecule has 0 radical (unpaired) electrons. The first-order chi connectivity index (χ1) is 17.7. The van der Waals surface area contributed by atoms with Crippen molar-refractivity contribution in [1.29, 1.82) is 0 Å². The van der Waals surface area contributed by atoms with E-state index in [9.17, 15) is 14.7 Å². The van der Waals surface area contributed by atoms with Crippen LogP contribution < -0.4 is 4.90 Å². The minimum atomic E-state index is -0.873. The number of anilines is 1. The molecule has 1 amide bonds. The SMILES string of the molecule is Cc1ccc(C2C(=C(O)c3nc4c(C)cccn4c3C)C(=O)C(=O)N2c2nc3ccc(Cl)cc3s2)cc1. The van der Waals surface area contributed by atoms with E-state index < -0.39 is 17.7 Å². The largest absolute Gasteiger partial charge is 0.505 e. The Bertz CT molecular complexity index is 1780. The molecule has 0 spiro atoms. The third kappa shape index (κ3) is 3.63. The smallest absolute Gasteiger partial charge is 0.301 e. The van der Waals surface area contributed by atoms with Crippen LogP contribution in [0.2, 0.25) is 5.02 Å². The van der Waals surface area contributed by atoms with E-state index in [4.69, 9.17) is 11.6 Å². The second-order valence-electron chi connectivity index (χ2n) is 9.12. The van der Waals surface area contributed by atoms with Crippen molar-refractivity contribution in [3.8, 4) is 0 Å². The van der Waals surface area contributed by atoms with Gasteiger partial charge in [0.25, 0.3) is 5.78 Å². The molecule has 1 saturated heterocycles. The molecule has 37 heavy (non-hydrogen) atoms. The van der Waals surface area contributed by atoms with Gasteiger partial charge in [0.05, 0.1) is 27.5 Å². The van der Waals surface area contributed by atoms with E-state index in [2.05, 4.69) is 9.97 Å². The van der Waals surface area contributed by atoms with E-state index in [-0.39, 0.29) is 17.0 Å². The number of aromatic nitrogens is 3. The maximum Gasteiger partial charge on any atom is 0.301 e. The normalized spacial score (nSPS) is 17.4. The Hall–Kier alpha value is -4.01. The van der Waals surface area contributed by atoms with Crippen LogP contribution in [0.5, 0.6) is 0 Å². The van der Waals surface area contributed by atoms with Gasteiger partial charge in [-0.2, -0.15) is 0 Å². The van der Waals surface area contributed by atoms with Crippen molar-refractivity contribution < 1.29 is 14.7 Å². The third-order valence-electron chi connectivity index (χ3n) is 6.69. The van der Waals surface area contributed by atoms with Gasteiger partial charge in [0.2, 0.25) is 0 Å². The number of fused-ring (bicyclic) bond motifs is 2. The van der Waals surface area contributed by atoms with Crippen LogP contribution in [-0.2, 0) is 9.59 Å². The number of aryl methyl sites for hydroxylation is 3. The number of thiazole rings is 1. The van der Waals surface area contributed by atoms with Crippen LogP contribution in [0.25, 0.3) is 21.6 Å². The Morgan fingerprint density at radius 2 is 1.78 bits per heavy atom. The van der Waals surface area contributed by atoms with Crippen molar-refractivity contribution in [3.05, 3.63) is 99.5 Å². The summed E-state index contributed by atoms with van der Waals surface area (Å²) < 4.78 is 2.65. The first-order valence-electron chi connectivity index (χ1n) is 11.6. The molecule has 6 rings (SSSR count). The van der Waals surface area contributed by atoms with Crippen molar-refractivity contribution in [2.24, 2.45) is 0 Å². The van der Waals surface area contributed by atoms with Crippen molar-refractivity contribution in [2.45, 2.75) is 26.8 Å². The molecule has 2 aromatic carbocycles. The molecule has 9 heteroatoms. The van der Waals surface area contributed by atoms with Crippen LogP contribution in [0.4, 0.5) is 5.13 Å². The molecule has 0 aliphatic carbocycles. The molecule has 184 valence electrons. The number of hydrogen-bond donors (Lipinski definition) is 1. The van der Waals surface area contributed by atoms with E-state index in [1.807, 2.05) is 67.8 Å². The lowest BCUT2D eigenvalue weighted by atomic mass is 9.96. The van der Waals surface area contributed by atoms with E-state index in [1.54, 1.807) is 18.2 Å². The summed E-state index contributed by atoms with van der Waals surface area (Å²) in [6.07, 6.45) is 1.85. The fraction of sp³-hybridized carbons (Fsp3) is 0.143. The fourth-order valence-corrected chi connectivity index (χ4v) is 6.03. The van der Waals surface area contributed by atoms with Gasteiger partial charge in [-0.3, -0.25) is 14.5 Å². The number of aliphatic hydroxyl groups excluding tert-OH is 1. The molecule has 3 aromatic heterocycles. The average Bonchev–Trinajstić information content (AvgIpc) is 3.52. The van der Waals surface area contributed by atoms with Gasteiger partial charge in [0.15, 0.2) is 10.9 Å². The van der Waals surface area contributed by atoms with Crippen LogP contribution in [0.15, 0.2) is 66.4 Å². The number of nitrogens with zero attached hydrogens (tertiary/aromatic N) is 4. The Morgan fingerprint density at radius 1 is 1.03 bits per heavy atom. The highest BCUT2D eigenvalue weighted by molar-refractivity contribution is 7.22. The van der Waals surface area contributed by atoms with Gasteiger partial charge in [-0.1, -0.05) is 58.8 Å². The second kappa shape index (κ2) is 8.54. The molecule has 5 aromatic rings. The summed E-state index contributed by atoms with van der Waals surface area (Å²) in [5.41, 5.74) is 4.89. The molecule has 7 nitrogen and oxygen atoms in total. The average molecular weight is 529 g/mol. The van der Waals surface area contributed by atoms with Crippen LogP contribution in [0.1, 0.15) is 34.1 Å². The van der Waals surface area contributed by atoms with Crippen LogP contribution in [0, 0.1) is 20.8 Å². The molecule has 4 heterocycles. The Labute approximate surface area is 221 Å². The zero-order valence-corrected chi connectivity index (χ0v) is 21.8. The van der Waals surface area contributed by atoms with Gasteiger partial charge in [-0.15, -0.1) is 0 Å². The van der Waals surface area contributed by atoms with Crippen LogP contribution in [-0.4, -0.2) is 31.2 Å². The molecular weight excluding hydrogens is 508 g/mol. The number of aliphatic hydroxyl groups is 1. The number of Topliss-reactive ketones (excluding diaryl/α,β-unsaturated/α-hetero) is 1. The number of carbonyl (C=O) groups excluding carboxylic acids is 2. The van der Waals surface area contributed by atoms with Crippen LogP contribution >= 0.6 is 22.9 Å². The Balaban J connectivity index is 1.60. The molecule has 0 bridgehead atoms. The monoisotopic (exact) mass is 528 g/mol. The van der Waals surface area contributed by atoms with Gasteiger partial charge in [0, 0.05) is 11.2 Å². The third-order valence-corrected chi connectivity index (χ3v) is 7.94. The highest BCUT2D eigenvalue weighted by Gasteiger charge is 2.48. The molecule has 1 fully saturated rings. The quantitative estimate of drug-likeness (QED) is 0.172. The zero-order valence-electron chi connectivity index (χ0n) is 20.2. The van der Waals surface area contributed by atoms with E-state index >= 15 is 0 Å². The van der Waals surface area contributed by atoms with Crippen LogP contribution in [0.3, 0.4) is 0 Å². The lowest BCUT2D eigenvalue weighted by molar-refractivity contribution is -0.132. The summed E-state index contributed by atoms with van der Waals surface area (Å²) in [4.78, 5) is 37.7. The first kappa shape index (κ1) is 23.4. The maximum absolute atomic E-state index is 13.5. The van der Waals surface area contributed by atoms with Crippen molar-refractivity contribution >= 4 is 61.4 Å². The highest BCUT2D eigenvalue weighted by Crippen LogP contribution is 2.44. The summed E-state index contributed by atoms with van der Waals surface area (Å²) in [6, 6.07) is 15.8. The van der Waals surface area contributed by atoms with Gasteiger partial charge >= 0.3 is 5.91 Å². The van der Waals surface area contributed by atoms with E-state index in [0.717, 1.165) is 15.8 Å².